The van der Waals surface area contributed by atoms with E-state index in [1.54, 1.807) is 11.3 Å². The second kappa shape index (κ2) is 11.6. The molecule has 7 aromatic carbocycles. The summed E-state index contributed by atoms with van der Waals surface area (Å²) in [4.78, 5) is 15.5. The molecule has 0 amide bonds. The molecule has 0 saturated carbocycles. The van der Waals surface area contributed by atoms with Crippen molar-refractivity contribution in [1.82, 2.24) is 15.0 Å². The van der Waals surface area contributed by atoms with Gasteiger partial charge < -0.3 is 4.42 Å². The van der Waals surface area contributed by atoms with E-state index >= 15 is 0 Å². The number of benzene rings is 7. The minimum atomic E-state index is 0.598. The van der Waals surface area contributed by atoms with Gasteiger partial charge in [-0.25, -0.2) is 15.0 Å². The standard InChI is InChI=1S/C45H27N3OS/c1-3-11-28(12-4-1)29-19-21-31(22-20-29)43-46-44(32-23-24-35-34-15-7-9-17-38(34)49-39(35)27-32)48-45(47-43)37-26-25-33(30-13-5-2-6-14-30)41-36-16-8-10-18-40(36)50-42(37)41/h1-27H. The number of furan rings is 1. The molecule has 0 aliphatic carbocycles. The van der Waals surface area contributed by atoms with E-state index in [4.69, 9.17) is 19.4 Å². The first kappa shape index (κ1) is 28.6. The summed E-state index contributed by atoms with van der Waals surface area (Å²) in [6.45, 7) is 0. The number of hydrogen-bond donors (Lipinski definition) is 0. The largest absolute Gasteiger partial charge is 0.456 e. The zero-order chi connectivity index (χ0) is 33.0. The maximum absolute atomic E-state index is 6.28. The van der Waals surface area contributed by atoms with Crippen LogP contribution in [0.25, 0.3) is 98.5 Å². The van der Waals surface area contributed by atoms with Gasteiger partial charge >= 0.3 is 0 Å². The average molecular weight is 658 g/mol. The van der Waals surface area contributed by atoms with Crippen molar-refractivity contribution in [3.05, 3.63) is 164 Å². The van der Waals surface area contributed by atoms with Crippen LogP contribution in [-0.4, -0.2) is 15.0 Å². The fourth-order valence-corrected chi connectivity index (χ4v) is 8.16. The highest BCUT2D eigenvalue weighted by atomic mass is 32.1. The van der Waals surface area contributed by atoms with Crippen LogP contribution < -0.4 is 0 Å². The molecule has 0 radical (unpaired) electrons. The summed E-state index contributed by atoms with van der Waals surface area (Å²) >= 11 is 1.78. The number of hydrogen-bond acceptors (Lipinski definition) is 5. The molecule has 0 bridgehead atoms. The van der Waals surface area contributed by atoms with Gasteiger partial charge in [0.1, 0.15) is 11.2 Å². The number of aromatic nitrogens is 3. The van der Waals surface area contributed by atoms with E-state index in [0.29, 0.717) is 17.5 Å². The van der Waals surface area contributed by atoms with Gasteiger partial charge in [-0.2, -0.15) is 0 Å². The summed E-state index contributed by atoms with van der Waals surface area (Å²) in [6.07, 6.45) is 0. The van der Waals surface area contributed by atoms with Crippen molar-refractivity contribution in [2.24, 2.45) is 0 Å². The Balaban J connectivity index is 1.19. The van der Waals surface area contributed by atoms with E-state index in [9.17, 15) is 0 Å². The van der Waals surface area contributed by atoms with Gasteiger partial charge in [-0.05, 0) is 52.6 Å². The van der Waals surface area contributed by atoms with E-state index in [-0.39, 0.29) is 0 Å². The van der Waals surface area contributed by atoms with Gasteiger partial charge in [-0.3, -0.25) is 0 Å². The Kier molecular flexibility index (Phi) is 6.64. The molecule has 4 nitrogen and oxygen atoms in total. The van der Waals surface area contributed by atoms with E-state index in [1.165, 1.54) is 32.2 Å². The molecule has 0 aliphatic rings. The third-order valence-corrected chi connectivity index (χ3v) is 10.6. The molecule has 0 saturated heterocycles. The summed E-state index contributed by atoms with van der Waals surface area (Å²) in [6, 6.07) is 56.8. The molecule has 0 fully saturated rings. The average Bonchev–Trinajstić information content (AvgIpc) is 3.77. The summed E-state index contributed by atoms with van der Waals surface area (Å²) in [5, 5.41) is 4.61. The summed E-state index contributed by atoms with van der Waals surface area (Å²) in [5.41, 5.74) is 9.13. The number of fused-ring (bicyclic) bond motifs is 6. The van der Waals surface area contributed by atoms with Crippen LogP contribution in [0.2, 0.25) is 0 Å². The van der Waals surface area contributed by atoms with Gasteiger partial charge in [0.05, 0.1) is 0 Å². The molecule has 0 unspecified atom stereocenters. The minimum absolute atomic E-state index is 0.598. The maximum Gasteiger partial charge on any atom is 0.165 e. The molecular weight excluding hydrogens is 631 g/mol. The van der Waals surface area contributed by atoms with Crippen molar-refractivity contribution in [3.8, 4) is 56.4 Å². The molecule has 0 spiro atoms. The second-order valence-electron chi connectivity index (χ2n) is 12.4. The van der Waals surface area contributed by atoms with Gasteiger partial charge in [0.2, 0.25) is 0 Å². The lowest BCUT2D eigenvalue weighted by Crippen LogP contribution is -2.00. The van der Waals surface area contributed by atoms with E-state index in [2.05, 4.69) is 133 Å². The molecule has 50 heavy (non-hydrogen) atoms. The third-order valence-electron chi connectivity index (χ3n) is 9.37. The fourth-order valence-electron chi connectivity index (χ4n) is 6.92. The first-order valence-corrected chi connectivity index (χ1v) is 17.4. The zero-order valence-electron chi connectivity index (χ0n) is 26.7. The monoisotopic (exact) mass is 657 g/mol. The molecule has 0 atom stereocenters. The normalized spacial score (nSPS) is 11.6. The number of nitrogens with zero attached hydrogens (tertiary/aromatic N) is 3. The minimum Gasteiger partial charge on any atom is -0.456 e. The third kappa shape index (κ3) is 4.79. The van der Waals surface area contributed by atoms with Crippen molar-refractivity contribution in [3.63, 3.8) is 0 Å². The highest BCUT2D eigenvalue weighted by molar-refractivity contribution is 7.26. The lowest BCUT2D eigenvalue weighted by Gasteiger charge is -2.11. The molecular formula is C45H27N3OS. The quantitative estimate of drug-likeness (QED) is 0.185. The molecule has 0 aliphatic heterocycles. The van der Waals surface area contributed by atoms with Crippen LogP contribution in [0.15, 0.2) is 168 Å². The predicted molar refractivity (Wildman–Crippen MR) is 207 cm³/mol. The zero-order valence-corrected chi connectivity index (χ0v) is 27.6. The predicted octanol–water partition coefficient (Wildman–Crippen LogP) is 12.5. The van der Waals surface area contributed by atoms with Gasteiger partial charge in [-0.1, -0.05) is 133 Å². The van der Waals surface area contributed by atoms with Crippen LogP contribution in [0.3, 0.4) is 0 Å². The molecule has 3 heterocycles. The molecule has 5 heteroatoms. The maximum atomic E-state index is 6.28. The lowest BCUT2D eigenvalue weighted by molar-refractivity contribution is 0.669. The molecule has 10 aromatic rings. The Labute approximate surface area is 292 Å². The molecule has 3 aromatic heterocycles. The molecule has 0 N–H and O–H groups in total. The van der Waals surface area contributed by atoms with Crippen LogP contribution >= 0.6 is 11.3 Å². The number of para-hydroxylation sites is 1. The Morgan fingerprint density at radius 3 is 1.74 bits per heavy atom. The highest BCUT2D eigenvalue weighted by Crippen LogP contribution is 2.44. The van der Waals surface area contributed by atoms with Gasteiger partial charge in [0.25, 0.3) is 0 Å². The first-order chi connectivity index (χ1) is 24.8. The Morgan fingerprint density at radius 2 is 0.940 bits per heavy atom. The van der Waals surface area contributed by atoms with E-state index in [1.807, 2.05) is 30.3 Å². The Hall–Kier alpha value is -6.43. The summed E-state index contributed by atoms with van der Waals surface area (Å²) in [7, 11) is 0. The lowest BCUT2D eigenvalue weighted by atomic mass is 9.97. The van der Waals surface area contributed by atoms with Crippen LogP contribution in [0, 0.1) is 0 Å². The molecule has 234 valence electrons. The fraction of sp³-hybridized carbons (Fsp3) is 0. The van der Waals surface area contributed by atoms with E-state index in [0.717, 1.165) is 48.9 Å². The van der Waals surface area contributed by atoms with Crippen LogP contribution in [0.1, 0.15) is 0 Å². The van der Waals surface area contributed by atoms with Crippen molar-refractivity contribution in [2.45, 2.75) is 0 Å². The summed E-state index contributed by atoms with van der Waals surface area (Å²) in [5.74, 6) is 1.86. The Morgan fingerprint density at radius 1 is 0.380 bits per heavy atom. The van der Waals surface area contributed by atoms with Crippen molar-refractivity contribution >= 4 is 53.4 Å². The highest BCUT2D eigenvalue weighted by Gasteiger charge is 2.20. The smallest absolute Gasteiger partial charge is 0.165 e. The topological polar surface area (TPSA) is 51.8 Å². The first-order valence-electron chi connectivity index (χ1n) is 16.6. The van der Waals surface area contributed by atoms with Crippen LogP contribution in [0.4, 0.5) is 0 Å². The van der Waals surface area contributed by atoms with Crippen LogP contribution in [0.5, 0.6) is 0 Å². The molecule has 10 rings (SSSR count). The van der Waals surface area contributed by atoms with Crippen molar-refractivity contribution < 1.29 is 4.42 Å². The SMILES string of the molecule is c1ccc(-c2ccc(-c3nc(-c4ccc5c(c4)oc4ccccc45)nc(-c4ccc(-c5ccccc5)c5c4sc4ccccc45)n3)cc2)cc1. The van der Waals surface area contributed by atoms with Crippen molar-refractivity contribution in [1.29, 1.82) is 0 Å². The number of rotatable bonds is 5. The van der Waals surface area contributed by atoms with Gasteiger partial charge in [0.15, 0.2) is 17.5 Å². The van der Waals surface area contributed by atoms with Gasteiger partial charge in [0, 0.05) is 47.6 Å². The van der Waals surface area contributed by atoms with Crippen LogP contribution in [-0.2, 0) is 0 Å². The van der Waals surface area contributed by atoms with Crippen molar-refractivity contribution in [2.75, 3.05) is 0 Å². The second-order valence-corrected chi connectivity index (χ2v) is 13.4. The van der Waals surface area contributed by atoms with Gasteiger partial charge in [-0.15, -0.1) is 11.3 Å². The summed E-state index contributed by atoms with van der Waals surface area (Å²) < 4.78 is 8.66. The number of thiophene rings is 1. The van der Waals surface area contributed by atoms with E-state index < -0.39 is 0 Å². The Bertz CT molecular complexity index is 2860.